The van der Waals surface area contributed by atoms with Crippen LogP contribution in [0.4, 0.5) is 5.69 Å². The molecule has 1 aromatic rings. The van der Waals surface area contributed by atoms with Gasteiger partial charge in [0, 0.05) is 24.3 Å². The van der Waals surface area contributed by atoms with Gasteiger partial charge in [-0.1, -0.05) is 19.9 Å². The van der Waals surface area contributed by atoms with Crippen LogP contribution in [0, 0.1) is 16.7 Å². The summed E-state index contributed by atoms with van der Waals surface area (Å²) in [7, 11) is 2.09. The van der Waals surface area contributed by atoms with E-state index in [2.05, 4.69) is 31.9 Å². The Morgan fingerprint density at radius 3 is 2.48 bits per heavy atom. The van der Waals surface area contributed by atoms with E-state index in [0.717, 1.165) is 11.3 Å². The second-order valence-corrected chi connectivity index (χ2v) is 7.07. The topological polar surface area (TPSA) is 47.3 Å². The van der Waals surface area contributed by atoms with Crippen LogP contribution in [0.5, 0.6) is 0 Å². The smallest absolute Gasteiger partial charge is 0.0992 e. The number of hydrogen-bond acceptors (Lipinski definition) is 3. The minimum absolute atomic E-state index is 0.443. The lowest BCUT2D eigenvalue weighted by Crippen LogP contribution is -2.37. The molecule has 21 heavy (non-hydrogen) atoms. The SMILES string of the molecule is CC(O)c1ccc(C#N)cc1N(C)C1CCC(C)(C)CC1. The van der Waals surface area contributed by atoms with Crippen LogP contribution in [0.1, 0.15) is 63.7 Å². The van der Waals surface area contributed by atoms with Crippen molar-refractivity contribution >= 4 is 5.69 Å². The monoisotopic (exact) mass is 286 g/mol. The molecule has 3 nitrogen and oxygen atoms in total. The highest BCUT2D eigenvalue weighted by molar-refractivity contribution is 5.58. The van der Waals surface area contributed by atoms with Crippen LogP contribution in [0.2, 0.25) is 0 Å². The van der Waals surface area contributed by atoms with Crippen LogP contribution in [-0.4, -0.2) is 18.2 Å². The molecule has 1 fully saturated rings. The molecule has 1 N–H and O–H groups in total. The number of aliphatic hydroxyl groups is 1. The van der Waals surface area contributed by atoms with E-state index in [1.54, 1.807) is 13.0 Å². The average molecular weight is 286 g/mol. The van der Waals surface area contributed by atoms with Crippen LogP contribution in [0.15, 0.2) is 18.2 Å². The zero-order chi connectivity index (χ0) is 15.6. The van der Waals surface area contributed by atoms with Crippen LogP contribution in [-0.2, 0) is 0 Å². The summed E-state index contributed by atoms with van der Waals surface area (Å²) in [5.74, 6) is 0. The summed E-state index contributed by atoms with van der Waals surface area (Å²) in [5, 5.41) is 19.1. The van der Waals surface area contributed by atoms with E-state index >= 15 is 0 Å². The summed E-state index contributed by atoms with van der Waals surface area (Å²) in [6, 6.07) is 8.25. The van der Waals surface area contributed by atoms with E-state index in [9.17, 15) is 5.11 Å². The molecule has 1 atom stereocenters. The summed E-state index contributed by atoms with van der Waals surface area (Å²) in [6.07, 6.45) is 4.27. The van der Waals surface area contributed by atoms with Gasteiger partial charge in [0.1, 0.15) is 0 Å². The first kappa shape index (κ1) is 15.9. The normalized spacial score (nSPS) is 19.8. The van der Waals surface area contributed by atoms with Crippen LogP contribution in [0.3, 0.4) is 0 Å². The first-order valence-corrected chi connectivity index (χ1v) is 7.79. The molecular formula is C18H26N2O. The van der Waals surface area contributed by atoms with Gasteiger partial charge in [0.2, 0.25) is 0 Å². The Balaban J connectivity index is 2.26. The second kappa shape index (κ2) is 6.07. The maximum Gasteiger partial charge on any atom is 0.0992 e. The number of aliphatic hydroxyl groups excluding tert-OH is 1. The first-order chi connectivity index (χ1) is 9.84. The molecular weight excluding hydrogens is 260 g/mol. The van der Waals surface area contributed by atoms with Crippen molar-refractivity contribution in [2.45, 2.75) is 58.6 Å². The number of rotatable bonds is 3. The van der Waals surface area contributed by atoms with E-state index in [1.165, 1.54) is 25.7 Å². The van der Waals surface area contributed by atoms with Crippen LogP contribution >= 0.6 is 0 Å². The maximum atomic E-state index is 9.99. The third-order valence-corrected chi connectivity index (χ3v) is 4.85. The summed E-state index contributed by atoms with van der Waals surface area (Å²) < 4.78 is 0. The third kappa shape index (κ3) is 3.57. The highest BCUT2D eigenvalue weighted by Gasteiger charge is 2.29. The number of nitriles is 1. The molecule has 0 bridgehead atoms. The minimum atomic E-state index is -0.518. The van der Waals surface area contributed by atoms with Crippen molar-refractivity contribution in [3.63, 3.8) is 0 Å². The average Bonchev–Trinajstić information content (AvgIpc) is 2.45. The summed E-state index contributed by atoms with van der Waals surface area (Å²) >= 11 is 0. The highest BCUT2D eigenvalue weighted by atomic mass is 16.3. The highest BCUT2D eigenvalue weighted by Crippen LogP contribution is 2.39. The lowest BCUT2D eigenvalue weighted by Gasteiger charge is -2.40. The molecule has 2 rings (SSSR count). The minimum Gasteiger partial charge on any atom is -0.389 e. The third-order valence-electron chi connectivity index (χ3n) is 4.85. The van der Waals surface area contributed by atoms with Crippen LogP contribution < -0.4 is 4.90 Å². The van der Waals surface area contributed by atoms with Crippen LogP contribution in [0.25, 0.3) is 0 Å². The largest absolute Gasteiger partial charge is 0.389 e. The van der Waals surface area contributed by atoms with E-state index in [1.807, 2.05) is 12.1 Å². The van der Waals surface area contributed by atoms with E-state index < -0.39 is 6.10 Å². The number of benzene rings is 1. The molecule has 3 heteroatoms. The summed E-state index contributed by atoms with van der Waals surface area (Å²) in [6.45, 7) is 6.45. The Kier molecular flexibility index (Phi) is 4.58. The fourth-order valence-electron chi connectivity index (χ4n) is 3.24. The van der Waals surface area contributed by atoms with Crippen molar-refractivity contribution in [3.05, 3.63) is 29.3 Å². The van der Waals surface area contributed by atoms with Gasteiger partial charge < -0.3 is 10.0 Å². The van der Waals surface area contributed by atoms with Crippen molar-refractivity contribution in [2.24, 2.45) is 5.41 Å². The van der Waals surface area contributed by atoms with Crippen molar-refractivity contribution in [3.8, 4) is 6.07 Å². The molecule has 1 aliphatic rings. The van der Waals surface area contributed by atoms with Gasteiger partial charge in [-0.15, -0.1) is 0 Å². The fraction of sp³-hybridized carbons (Fsp3) is 0.611. The quantitative estimate of drug-likeness (QED) is 0.913. The van der Waals surface area contributed by atoms with Gasteiger partial charge in [0.25, 0.3) is 0 Å². The van der Waals surface area contributed by atoms with Crippen molar-refractivity contribution in [2.75, 3.05) is 11.9 Å². The predicted octanol–water partition coefficient (Wildman–Crippen LogP) is 4.02. The van der Waals surface area contributed by atoms with Crippen molar-refractivity contribution in [1.29, 1.82) is 5.26 Å². The van der Waals surface area contributed by atoms with Gasteiger partial charge in [-0.05, 0) is 50.2 Å². The van der Waals surface area contributed by atoms with Gasteiger partial charge >= 0.3 is 0 Å². The van der Waals surface area contributed by atoms with E-state index in [-0.39, 0.29) is 0 Å². The molecule has 0 spiro atoms. The Labute approximate surface area is 128 Å². The molecule has 0 heterocycles. The van der Waals surface area contributed by atoms with Crippen molar-refractivity contribution in [1.82, 2.24) is 0 Å². The molecule has 1 unspecified atom stereocenters. The van der Waals surface area contributed by atoms with E-state index in [0.29, 0.717) is 17.0 Å². The predicted molar refractivity (Wildman–Crippen MR) is 86.2 cm³/mol. The molecule has 114 valence electrons. The number of hydrogen-bond donors (Lipinski definition) is 1. The van der Waals surface area contributed by atoms with Gasteiger partial charge in [0.15, 0.2) is 0 Å². The molecule has 0 aromatic heterocycles. The standard InChI is InChI=1S/C18H26N2O/c1-13(21)16-6-5-14(12-19)11-17(16)20(4)15-7-9-18(2,3)10-8-15/h5-6,11,13,15,21H,7-10H2,1-4H3. The zero-order valence-electron chi connectivity index (χ0n) is 13.6. The molecule has 1 aromatic carbocycles. The van der Waals surface area contributed by atoms with Gasteiger partial charge in [-0.25, -0.2) is 0 Å². The number of anilines is 1. The summed E-state index contributed by atoms with van der Waals surface area (Å²) in [4.78, 5) is 2.26. The molecule has 0 radical (unpaired) electrons. The van der Waals surface area contributed by atoms with E-state index in [4.69, 9.17) is 5.26 Å². The Morgan fingerprint density at radius 2 is 1.95 bits per heavy atom. The first-order valence-electron chi connectivity index (χ1n) is 7.79. The lowest BCUT2D eigenvalue weighted by atomic mass is 9.75. The van der Waals surface area contributed by atoms with Gasteiger partial charge in [-0.3, -0.25) is 0 Å². The lowest BCUT2D eigenvalue weighted by molar-refractivity contribution is 0.198. The molecule has 0 aliphatic heterocycles. The molecule has 0 saturated heterocycles. The van der Waals surface area contributed by atoms with Crippen molar-refractivity contribution < 1.29 is 5.11 Å². The van der Waals surface area contributed by atoms with Gasteiger partial charge in [0.05, 0.1) is 17.7 Å². The fourth-order valence-corrected chi connectivity index (χ4v) is 3.24. The Morgan fingerprint density at radius 1 is 1.33 bits per heavy atom. The van der Waals surface area contributed by atoms with Gasteiger partial charge in [-0.2, -0.15) is 5.26 Å². The molecule has 1 saturated carbocycles. The maximum absolute atomic E-state index is 9.99. The molecule has 0 amide bonds. The second-order valence-electron chi connectivity index (χ2n) is 7.07. The number of nitrogens with zero attached hydrogens (tertiary/aromatic N) is 2. The zero-order valence-corrected chi connectivity index (χ0v) is 13.6. The molecule has 1 aliphatic carbocycles. The Bertz CT molecular complexity index is 533. The Hall–Kier alpha value is -1.53. The summed E-state index contributed by atoms with van der Waals surface area (Å²) in [5.41, 5.74) is 2.99.